The average Bonchev–Trinajstić information content (AvgIpc) is 3.00. The van der Waals surface area contributed by atoms with Crippen LogP contribution in [0.1, 0.15) is 43.4 Å². The number of sulfonamides is 1. The molecule has 0 fully saturated rings. The maximum atomic E-state index is 14.6. The quantitative estimate of drug-likeness (QED) is 0.0639. The lowest BCUT2D eigenvalue weighted by atomic mass is 10.0. The molecule has 0 spiro atoms. The van der Waals surface area contributed by atoms with E-state index < -0.39 is 50.4 Å². The molecular weight excluding hydrogens is 668 g/mol. The van der Waals surface area contributed by atoms with Crippen LogP contribution in [-0.4, -0.2) is 52.3 Å². The van der Waals surface area contributed by atoms with Crippen LogP contribution in [0.5, 0.6) is 11.6 Å². The van der Waals surface area contributed by atoms with Crippen molar-refractivity contribution >= 4 is 44.9 Å². The van der Waals surface area contributed by atoms with E-state index >= 15 is 0 Å². The molecular formula is C32H31ClF4N2O7S. The van der Waals surface area contributed by atoms with Gasteiger partial charge < -0.3 is 18.9 Å². The van der Waals surface area contributed by atoms with Crippen molar-refractivity contribution in [3.63, 3.8) is 0 Å². The van der Waals surface area contributed by atoms with E-state index in [0.717, 1.165) is 11.2 Å². The molecule has 47 heavy (non-hydrogen) atoms. The van der Waals surface area contributed by atoms with Crippen LogP contribution < -0.4 is 13.8 Å². The Labute approximate surface area is 274 Å². The van der Waals surface area contributed by atoms with Crippen LogP contribution in [0.2, 0.25) is 5.02 Å². The fourth-order valence-corrected chi connectivity index (χ4v) is 6.66. The van der Waals surface area contributed by atoms with Crippen molar-refractivity contribution < 1.29 is 49.7 Å². The number of ether oxygens (including phenoxy) is 4. The lowest BCUT2D eigenvalue weighted by Crippen LogP contribution is -2.43. The molecule has 1 aliphatic rings. The maximum absolute atomic E-state index is 14.6. The second-order valence-corrected chi connectivity index (χ2v) is 12.7. The maximum Gasteiger partial charge on any atom is 0.417 e. The number of hydrogen-bond donors (Lipinski definition) is 0. The van der Waals surface area contributed by atoms with E-state index in [2.05, 4.69) is 11.6 Å². The van der Waals surface area contributed by atoms with Gasteiger partial charge in [-0.25, -0.2) is 17.8 Å². The van der Waals surface area contributed by atoms with E-state index in [4.69, 9.17) is 30.5 Å². The number of rotatable bonds is 12. The van der Waals surface area contributed by atoms with Gasteiger partial charge >= 0.3 is 12.1 Å². The lowest BCUT2D eigenvalue weighted by molar-refractivity contribution is -0.142. The number of benzene rings is 2. The third kappa shape index (κ3) is 8.55. The highest BCUT2D eigenvalue weighted by Crippen LogP contribution is 2.42. The minimum Gasteiger partial charge on any atom is -0.502 e. The third-order valence-corrected chi connectivity index (χ3v) is 9.12. The topological polar surface area (TPSA) is 104 Å². The minimum atomic E-state index is -4.93. The zero-order valence-corrected chi connectivity index (χ0v) is 27.1. The third-order valence-electron chi connectivity index (χ3n) is 7.03. The Morgan fingerprint density at radius 2 is 1.94 bits per heavy atom. The standard InChI is InChI=1S/C32H31ClF4N2O7S/c1-19(30-25(33)6-5-7-26(30)34)14-22-9-11-28-27(15-22)39(18-24(46-28)10-8-20(2)43-4)47(41,42)29-16-23(32(35,36)37)17-38-31(29)45-13-12-44-21(3)40/h5-7,9,11,14-17,24H,2,8,10,12-13,18H2,1,3-4H3/b19-14+/t24-/m0/s1. The van der Waals surface area contributed by atoms with Gasteiger partial charge in [0.2, 0.25) is 5.88 Å². The highest BCUT2D eigenvalue weighted by atomic mass is 35.5. The number of pyridine rings is 1. The van der Waals surface area contributed by atoms with E-state index in [1.165, 1.54) is 37.4 Å². The Morgan fingerprint density at radius 1 is 1.19 bits per heavy atom. The van der Waals surface area contributed by atoms with E-state index in [1.807, 2.05) is 0 Å². The number of carbonyl (C=O) groups is 1. The predicted molar refractivity (Wildman–Crippen MR) is 167 cm³/mol. The number of methoxy groups -OCH3 is 1. The number of aromatic nitrogens is 1. The molecule has 1 atom stereocenters. The highest BCUT2D eigenvalue weighted by Gasteiger charge is 2.39. The molecule has 0 saturated carbocycles. The van der Waals surface area contributed by atoms with Crippen molar-refractivity contribution in [2.45, 2.75) is 43.9 Å². The Balaban J connectivity index is 1.82. The monoisotopic (exact) mass is 698 g/mol. The first-order valence-corrected chi connectivity index (χ1v) is 15.9. The van der Waals surface area contributed by atoms with Crippen LogP contribution in [0.25, 0.3) is 11.6 Å². The van der Waals surface area contributed by atoms with Crippen molar-refractivity contribution in [2.24, 2.45) is 0 Å². The number of carbonyl (C=O) groups excluding carboxylic acids is 1. The molecule has 0 aliphatic carbocycles. The van der Waals surface area contributed by atoms with Crippen molar-refractivity contribution in [1.82, 2.24) is 4.98 Å². The number of esters is 1. The molecule has 2 heterocycles. The zero-order chi connectivity index (χ0) is 34.5. The molecule has 1 aromatic heterocycles. The Bertz CT molecular complexity index is 1780. The van der Waals surface area contributed by atoms with Gasteiger partial charge in [-0.15, -0.1) is 0 Å². The summed E-state index contributed by atoms with van der Waals surface area (Å²) in [6.45, 7) is 5.56. The van der Waals surface area contributed by atoms with Crippen molar-refractivity contribution in [3.05, 3.63) is 88.5 Å². The second kappa shape index (κ2) is 14.6. The number of hydrogen-bond acceptors (Lipinski definition) is 8. The van der Waals surface area contributed by atoms with Gasteiger partial charge in [-0.3, -0.25) is 9.10 Å². The van der Waals surface area contributed by atoms with Gasteiger partial charge in [-0.05, 0) is 54.8 Å². The summed E-state index contributed by atoms with van der Waals surface area (Å²) < 4.78 is 107. The van der Waals surface area contributed by atoms with Crippen molar-refractivity contribution in [3.8, 4) is 11.6 Å². The first kappa shape index (κ1) is 35.6. The highest BCUT2D eigenvalue weighted by molar-refractivity contribution is 7.93. The second-order valence-electron chi connectivity index (χ2n) is 10.4. The molecule has 0 bridgehead atoms. The van der Waals surface area contributed by atoms with Crippen LogP contribution in [0.3, 0.4) is 0 Å². The van der Waals surface area contributed by atoms with E-state index in [0.29, 0.717) is 35.6 Å². The Morgan fingerprint density at radius 3 is 2.60 bits per heavy atom. The van der Waals surface area contributed by atoms with Gasteiger partial charge in [-0.1, -0.05) is 36.4 Å². The Kier molecular flexibility index (Phi) is 11.1. The van der Waals surface area contributed by atoms with Crippen LogP contribution in [-0.2, 0) is 30.5 Å². The molecule has 1 aliphatic heterocycles. The fraction of sp³-hybridized carbons (Fsp3) is 0.312. The molecule has 0 amide bonds. The summed E-state index contributed by atoms with van der Waals surface area (Å²) in [7, 11) is -3.39. The van der Waals surface area contributed by atoms with Gasteiger partial charge in [0.1, 0.15) is 30.9 Å². The molecule has 9 nitrogen and oxygen atoms in total. The largest absolute Gasteiger partial charge is 0.502 e. The van der Waals surface area contributed by atoms with Crippen LogP contribution >= 0.6 is 11.6 Å². The average molecular weight is 699 g/mol. The van der Waals surface area contributed by atoms with Crippen LogP contribution in [0, 0.1) is 5.82 Å². The molecule has 15 heteroatoms. The summed E-state index contributed by atoms with van der Waals surface area (Å²) in [5.41, 5.74) is -0.303. The molecule has 2 aromatic carbocycles. The van der Waals surface area contributed by atoms with Crippen molar-refractivity contribution in [2.75, 3.05) is 31.2 Å². The van der Waals surface area contributed by atoms with Crippen molar-refractivity contribution in [1.29, 1.82) is 0 Å². The molecule has 0 saturated heterocycles. The number of halogens is 5. The number of nitrogens with zero attached hydrogens (tertiary/aromatic N) is 2. The van der Waals surface area contributed by atoms with Gasteiger partial charge in [0, 0.05) is 25.1 Å². The summed E-state index contributed by atoms with van der Waals surface area (Å²) in [5.74, 6) is -1.27. The Hall–Kier alpha value is -4.30. The number of anilines is 1. The summed E-state index contributed by atoms with van der Waals surface area (Å²) in [5, 5.41) is 0.169. The summed E-state index contributed by atoms with van der Waals surface area (Å²) in [6, 6.07) is 9.27. The van der Waals surface area contributed by atoms with E-state index in [-0.39, 0.29) is 48.2 Å². The van der Waals surface area contributed by atoms with Crippen LogP contribution in [0.15, 0.2) is 65.9 Å². The number of fused-ring (bicyclic) bond motifs is 1. The molecule has 4 rings (SSSR count). The van der Waals surface area contributed by atoms with Gasteiger partial charge in [0.25, 0.3) is 10.0 Å². The van der Waals surface area contributed by atoms with E-state index in [1.54, 1.807) is 19.1 Å². The van der Waals surface area contributed by atoms with E-state index in [9.17, 15) is 30.8 Å². The lowest BCUT2D eigenvalue weighted by Gasteiger charge is -2.36. The van der Waals surface area contributed by atoms with Gasteiger partial charge in [-0.2, -0.15) is 13.2 Å². The number of allylic oxidation sites excluding steroid dienone is 2. The summed E-state index contributed by atoms with van der Waals surface area (Å²) in [4.78, 5) is 13.9. The molecule has 0 N–H and O–H groups in total. The zero-order valence-electron chi connectivity index (χ0n) is 25.6. The molecule has 3 aromatic rings. The summed E-state index contributed by atoms with van der Waals surface area (Å²) in [6.07, 6.45) is -3.08. The summed E-state index contributed by atoms with van der Waals surface area (Å²) >= 11 is 6.23. The van der Waals surface area contributed by atoms with Gasteiger partial charge in [0.15, 0.2) is 4.90 Å². The first-order valence-electron chi connectivity index (χ1n) is 14.1. The minimum absolute atomic E-state index is 0.0104. The number of alkyl halides is 3. The smallest absolute Gasteiger partial charge is 0.417 e. The molecule has 252 valence electrons. The first-order chi connectivity index (χ1) is 22.1. The molecule has 0 radical (unpaired) electrons. The van der Waals surface area contributed by atoms with Gasteiger partial charge in [0.05, 0.1) is 35.7 Å². The molecule has 0 unspecified atom stereocenters. The van der Waals surface area contributed by atoms with Crippen LogP contribution in [0.4, 0.5) is 23.2 Å². The SMILES string of the molecule is C=C(CC[C@H]1CN(S(=O)(=O)c2cc(C(F)(F)F)cnc2OCCOC(C)=O)c2cc(/C=C(\C)c3c(F)cccc3Cl)ccc2O1)OC. The normalized spacial score (nSPS) is 15.0. The fourth-order valence-electron chi connectivity index (χ4n) is 4.74. The predicted octanol–water partition coefficient (Wildman–Crippen LogP) is 7.29.